The molecule has 0 atom stereocenters. The van der Waals surface area contributed by atoms with E-state index in [0.29, 0.717) is 23.0 Å². The molecule has 0 fully saturated rings. The van der Waals surface area contributed by atoms with Crippen LogP contribution >= 0.6 is 0 Å². The lowest BCUT2D eigenvalue weighted by atomic mass is 10.2. The van der Waals surface area contributed by atoms with E-state index in [9.17, 15) is 0 Å². The molecule has 2 N–H and O–H groups in total. The van der Waals surface area contributed by atoms with Gasteiger partial charge >= 0.3 is 0 Å². The second kappa shape index (κ2) is 7.80. The molecule has 0 aliphatic carbocycles. The standard InChI is InChI=1S/C15H18N6/c1-2-3-6-9-17-15-20-14(11-18-21-15)19-13-8-5-4-7-12(13)10-16/h4-5,7-8,11H,2-3,6,9H2,1H3,(H2,17,19,20,21). The largest absolute Gasteiger partial charge is 0.353 e. The second-order valence-electron chi connectivity index (χ2n) is 4.58. The van der Waals surface area contributed by atoms with Gasteiger partial charge in [0.1, 0.15) is 6.07 Å². The minimum atomic E-state index is 0.491. The molecule has 1 aromatic carbocycles. The van der Waals surface area contributed by atoms with E-state index >= 15 is 0 Å². The molecule has 0 radical (unpaired) electrons. The predicted molar refractivity (Wildman–Crippen MR) is 82.3 cm³/mol. The molecule has 0 bridgehead atoms. The van der Waals surface area contributed by atoms with Crippen molar-refractivity contribution < 1.29 is 0 Å². The summed E-state index contributed by atoms with van der Waals surface area (Å²) in [5, 5.41) is 23.2. The molecule has 21 heavy (non-hydrogen) atoms. The summed E-state index contributed by atoms with van der Waals surface area (Å²) in [4.78, 5) is 4.34. The molecule has 1 aromatic heterocycles. The lowest BCUT2D eigenvalue weighted by Gasteiger charge is -2.08. The van der Waals surface area contributed by atoms with Crippen LogP contribution in [0, 0.1) is 11.3 Å². The van der Waals surface area contributed by atoms with Crippen molar-refractivity contribution in [1.82, 2.24) is 15.2 Å². The molecule has 2 aromatic rings. The number of aromatic nitrogens is 3. The zero-order valence-corrected chi connectivity index (χ0v) is 12.0. The highest BCUT2D eigenvalue weighted by Gasteiger charge is 2.04. The molecule has 0 unspecified atom stereocenters. The molecular weight excluding hydrogens is 264 g/mol. The number of hydrogen-bond acceptors (Lipinski definition) is 6. The van der Waals surface area contributed by atoms with E-state index in [1.807, 2.05) is 18.2 Å². The molecule has 0 spiro atoms. The average molecular weight is 282 g/mol. The predicted octanol–water partition coefficient (Wildman–Crippen LogP) is 3.09. The van der Waals surface area contributed by atoms with Gasteiger partial charge in [-0.05, 0) is 18.6 Å². The van der Waals surface area contributed by atoms with Crippen LogP contribution in [0.1, 0.15) is 31.7 Å². The Bertz CT molecular complexity index is 620. The highest BCUT2D eigenvalue weighted by atomic mass is 15.3. The lowest BCUT2D eigenvalue weighted by molar-refractivity contribution is 0.738. The van der Waals surface area contributed by atoms with E-state index in [2.05, 4.69) is 38.8 Å². The van der Waals surface area contributed by atoms with E-state index in [0.717, 1.165) is 13.0 Å². The summed E-state index contributed by atoms with van der Waals surface area (Å²) in [6, 6.07) is 9.40. The quantitative estimate of drug-likeness (QED) is 0.759. The van der Waals surface area contributed by atoms with Crippen LogP contribution in [0.25, 0.3) is 0 Å². The summed E-state index contributed by atoms with van der Waals surface area (Å²) < 4.78 is 0. The zero-order chi connectivity index (χ0) is 14.9. The number of anilines is 3. The third-order valence-electron chi connectivity index (χ3n) is 2.93. The number of benzene rings is 1. The molecule has 0 saturated carbocycles. The second-order valence-corrected chi connectivity index (χ2v) is 4.58. The smallest absolute Gasteiger partial charge is 0.244 e. The van der Waals surface area contributed by atoms with Gasteiger partial charge in [0.15, 0.2) is 5.82 Å². The Balaban J connectivity index is 2.02. The van der Waals surface area contributed by atoms with Gasteiger partial charge in [-0.3, -0.25) is 0 Å². The topological polar surface area (TPSA) is 86.5 Å². The number of para-hydroxylation sites is 1. The summed E-state index contributed by atoms with van der Waals surface area (Å²) in [6.07, 6.45) is 4.96. The van der Waals surface area contributed by atoms with Crippen molar-refractivity contribution in [2.45, 2.75) is 26.2 Å². The Morgan fingerprint density at radius 2 is 2.10 bits per heavy atom. The van der Waals surface area contributed by atoms with E-state index in [-0.39, 0.29) is 0 Å². The fraction of sp³-hybridized carbons (Fsp3) is 0.333. The van der Waals surface area contributed by atoms with E-state index in [1.54, 1.807) is 6.07 Å². The van der Waals surface area contributed by atoms with Crippen LogP contribution < -0.4 is 10.6 Å². The van der Waals surface area contributed by atoms with Crippen molar-refractivity contribution in [3.63, 3.8) is 0 Å². The Kier molecular flexibility index (Phi) is 5.47. The number of rotatable bonds is 7. The Morgan fingerprint density at radius 3 is 2.90 bits per heavy atom. The van der Waals surface area contributed by atoms with Gasteiger partial charge in [0.05, 0.1) is 17.4 Å². The molecule has 108 valence electrons. The van der Waals surface area contributed by atoms with Crippen LogP contribution in [0.5, 0.6) is 0 Å². The van der Waals surface area contributed by atoms with Gasteiger partial charge in [0.25, 0.3) is 0 Å². The van der Waals surface area contributed by atoms with Gasteiger partial charge < -0.3 is 10.6 Å². The van der Waals surface area contributed by atoms with Gasteiger partial charge in [-0.15, -0.1) is 5.10 Å². The molecule has 0 aliphatic rings. The van der Waals surface area contributed by atoms with Gasteiger partial charge in [0, 0.05) is 6.54 Å². The van der Waals surface area contributed by atoms with Crippen LogP contribution in [0.2, 0.25) is 0 Å². The van der Waals surface area contributed by atoms with Crippen molar-refractivity contribution in [3.05, 3.63) is 36.0 Å². The summed E-state index contributed by atoms with van der Waals surface area (Å²) in [7, 11) is 0. The van der Waals surface area contributed by atoms with Gasteiger partial charge in [0.2, 0.25) is 5.95 Å². The summed E-state index contributed by atoms with van der Waals surface area (Å²) >= 11 is 0. The molecule has 2 rings (SSSR count). The lowest BCUT2D eigenvalue weighted by Crippen LogP contribution is -2.07. The van der Waals surface area contributed by atoms with Crippen molar-refractivity contribution in [3.8, 4) is 6.07 Å². The Hall–Kier alpha value is -2.68. The SMILES string of the molecule is CCCCCNc1nncc(Nc2ccccc2C#N)n1. The third-order valence-corrected chi connectivity index (χ3v) is 2.93. The number of nitriles is 1. The maximum atomic E-state index is 9.07. The van der Waals surface area contributed by atoms with Crippen molar-refractivity contribution in [2.24, 2.45) is 0 Å². The van der Waals surface area contributed by atoms with Gasteiger partial charge in [-0.1, -0.05) is 31.9 Å². The molecule has 0 saturated heterocycles. The summed E-state index contributed by atoms with van der Waals surface area (Å²) in [6.45, 7) is 2.99. The third kappa shape index (κ3) is 4.42. The van der Waals surface area contributed by atoms with Crippen molar-refractivity contribution >= 4 is 17.5 Å². The maximum absolute atomic E-state index is 9.07. The number of hydrogen-bond donors (Lipinski definition) is 2. The maximum Gasteiger partial charge on any atom is 0.244 e. The van der Waals surface area contributed by atoms with Crippen LogP contribution in [0.15, 0.2) is 30.5 Å². The minimum Gasteiger partial charge on any atom is -0.353 e. The Labute approximate surface area is 124 Å². The molecule has 0 amide bonds. The number of nitrogens with one attached hydrogen (secondary N) is 2. The van der Waals surface area contributed by atoms with Crippen LogP contribution in [-0.2, 0) is 0 Å². The fourth-order valence-corrected chi connectivity index (χ4v) is 1.84. The number of unbranched alkanes of at least 4 members (excludes halogenated alkanes) is 2. The van der Waals surface area contributed by atoms with E-state index < -0.39 is 0 Å². The average Bonchev–Trinajstić information content (AvgIpc) is 2.52. The first kappa shape index (κ1) is 14.7. The first-order valence-electron chi connectivity index (χ1n) is 7.03. The molecule has 0 aliphatic heterocycles. The molecule has 6 nitrogen and oxygen atoms in total. The first-order valence-corrected chi connectivity index (χ1v) is 7.03. The zero-order valence-electron chi connectivity index (χ0n) is 12.0. The minimum absolute atomic E-state index is 0.491. The Morgan fingerprint density at radius 1 is 1.24 bits per heavy atom. The van der Waals surface area contributed by atoms with E-state index in [4.69, 9.17) is 5.26 Å². The summed E-state index contributed by atoms with van der Waals surface area (Å²) in [5.41, 5.74) is 1.27. The monoisotopic (exact) mass is 282 g/mol. The normalized spacial score (nSPS) is 9.90. The molecule has 6 heteroatoms. The first-order chi connectivity index (χ1) is 10.3. The van der Waals surface area contributed by atoms with Crippen molar-refractivity contribution in [1.29, 1.82) is 5.26 Å². The highest BCUT2D eigenvalue weighted by molar-refractivity contribution is 5.64. The number of nitrogens with zero attached hydrogens (tertiary/aromatic N) is 4. The fourth-order valence-electron chi connectivity index (χ4n) is 1.84. The highest BCUT2D eigenvalue weighted by Crippen LogP contribution is 2.18. The summed E-state index contributed by atoms with van der Waals surface area (Å²) in [5.74, 6) is 1.05. The molecular formula is C15H18N6. The van der Waals surface area contributed by atoms with Gasteiger partial charge in [-0.25, -0.2) is 0 Å². The van der Waals surface area contributed by atoms with Gasteiger partial charge in [-0.2, -0.15) is 15.3 Å². The molecule has 1 heterocycles. The van der Waals surface area contributed by atoms with Crippen LogP contribution in [0.4, 0.5) is 17.5 Å². The van der Waals surface area contributed by atoms with Crippen molar-refractivity contribution in [2.75, 3.05) is 17.2 Å². The van der Waals surface area contributed by atoms with Crippen LogP contribution in [0.3, 0.4) is 0 Å². The van der Waals surface area contributed by atoms with E-state index in [1.165, 1.54) is 19.0 Å². The van der Waals surface area contributed by atoms with Crippen LogP contribution in [-0.4, -0.2) is 21.7 Å².